The van der Waals surface area contributed by atoms with Gasteiger partial charge in [-0.2, -0.15) is 5.26 Å². The molecule has 1 amide bonds. The number of rotatable bonds is 8. The first kappa shape index (κ1) is 24.9. The second-order valence-electron chi connectivity index (χ2n) is 8.01. The lowest BCUT2D eigenvalue weighted by Gasteiger charge is -2.24. The number of carbonyl (C=O) groups is 2. The van der Waals surface area contributed by atoms with Crippen LogP contribution in [0.5, 0.6) is 0 Å². The van der Waals surface area contributed by atoms with E-state index in [0.717, 1.165) is 5.56 Å². The normalized spacial score (nSPS) is 12.5. The van der Waals surface area contributed by atoms with Crippen LogP contribution in [0.15, 0.2) is 78.9 Å². The van der Waals surface area contributed by atoms with E-state index in [-0.39, 0.29) is 5.92 Å². The molecule has 2 atom stereocenters. The highest BCUT2D eigenvalue weighted by Crippen LogP contribution is 2.32. The zero-order chi connectivity index (χ0) is 24.7. The number of para-hydroxylation sites is 1. The Kier molecular flexibility index (Phi) is 8.39. The number of anilines is 2. The van der Waals surface area contributed by atoms with Crippen molar-refractivity contribution in [2.45, 2.75) is 25.9 Å². The number of amides is 1. The van der Waals surface area contributed by atoms with E-state index in [2.05, 4.69) is 0 Å². The van der Waals surface area contributed by atoms with E-state index in [1.165, 1.54) is 4.90 Å². The molecule has 3 rings (SSSR count). The van der Waals surface area contributed by atoms with Gasteiger partial charge in [0.25, 0.3) is 5.91 Å². The van der Waals surface area contributed by atoms with Gasteiger partial charge >= 0.3 is 5.97 Å². The van der Waals surface area contributed by atoms with Gasteiger partial charge in [0.15, 0.2) is 6.67 Å². The van der Waals surface area contributed by atoms with Gasteiger partial charge in [-0.05, 0) is 47.9 Å². The first-order chi connectivity index (χ1) is 16.3. The molecule has 2 unspecified atom stereocenters. The van der Waals surface area contributed by atoms with Crippen molar-refractivity contribution in [2.24, 2.45) is 5.92 Å². The van der Waals surface area contributed by atoms with Gasteiger partial charge in [0.05, 0.1) is 5.92 Å². The van der Waals surface area contributed by atoms with Gasteiger partial charge in [-0.15, -0.1) is 0 Å². The molecule has 0 saturated carbocycles. The molecule has 3 aromatic carbocycles. The predicted molar refractivity (Wildman–Crippen MR) is 129 cm³/mol. The number of alkyl halides is 1. The standard InChI is InChI=1S/C27H24ClFN2O3/c1-18(2)26(19-11-13-21(28)14-12-19)27(33)34-24(17-30)20-7-6-10-23(15-20)31(25(32)16-29)22-8-4-3-5-9-22/h3-15,18,24,26H,16H2,1-2H3. The lowest BCUT2D eigenvalue weighted by atomic mass is 9.88. The van der Waals surface area contributed by atoms with Crippen LogP contribution in [0.2, 0.25) is 5.02 Å². The van der Waals surface area contributed by atoms with Crippen molar-refractivity contribution in [3.05, 3.63) is 95.0 Å². The molecule has 0 aliphatic rings. The molecule has 0 radical (unpaired) electrons. The largest absolute Gasteiger partial charge is 0.441 e. The number of carbonyl (C=O) groups excluding carboxylic acids is 2. The first-order valence-corrected chi connectivity index (χ1v) is 11.1. The minimum atomic E-state index is -1.21. The Hall–Kier alpha value is -3.69. The Balaban J connectivity index is 1.90. The highest BCUT2D eigenvalue weighted by molar-refractivity contribution is 6.30. The molecule has 174 valence electrons. The summed E-state index contributed by atoms with van der Waals surface area (Å²) in [6, 6.07) is 24.0. The molecule has 0 N–H and O–H groups in total. The number of hydrogen-bond donors (Lipinski definition) is 0. The maximum absolute atomic E-state index is 13.3. The summed E-state index contributed by atoms with van der Waals surface area (Å²) in [6.45, 7) is 2.60. The number of benzene rings is 3. The lowest BCUT2D eigenvalue weighted by Crippen LogP contribution is -2.27. The summed E-state index contributed by atoms with van der Waals surface area (Å²) >= 11 is 5.97. The fourth-order valence-corrected chi connectivity index (χ4v) is 3.85. The van der Waals surface area contributed by atoms with Gasteiger partial charge in [0.1, 0.15) is 6.07 Å². The third-order valence-electron chi connectivity index (χ3n) is 5.31. The van der Waals surface area contributed by atoms with Crippen LogP contribution in [0.25, 0.3) is 0 Å². The predicted octanol–water partition coefficient (Wildman–Crippen LogP) is 6.52. The molecule has 0 aliphatic carbocycles. The average Bonchev–Trinajstić information content (AvgIpc) is 2.84. The molecule has 3 aromatic rings. The Labute approximate surface area is 203 Å². The Morgan fingerprint density at radius 3 is 2.21 bits per heavy atom. The van der Waals surface area contributed by atoms with Crippen molar-refractivity contribution in [1.82, 2.24) is 0 Å². The molecule has 0 bridgehead atoms. The number of nitrogens with zero attached hydrogens (tertiary/aromatic N) is 2. The fraction of sp³-hybridized carbons (Fsp3) is 0.222. The topological polar surface area (TPSA) is 70.4 Å². The molecule has 0 heterocycles. The van der Waals surface area contributed by atoms with E-state index in [1.807, 2.05) is 19.9 Å². The number of hydrogen-bond acceptors (Lipinski definition) is 4. The molecule has 5 nitrogen and oxygen atoms in total. The van der Waals surface area contributed by atoms with Crippen molar-refractivity contribution in [1.29, 1.82) is 5.26 Å². The van der Waals surface area contributed by atoms with Crippen LogP contribution < -0.4 is 4.90 Å². The molecule has 7 heteroatoms. The Morgan fingerprint density at radius 1 is 0.971 bits per heavy atom. The van der Waals surface area contributed by atoms with E-state index >= 15 is 0 Å². The second kappa shape index (κ2) is 11.4. The number of halogens is 2. The van der Waals surface area contributed by atoms with Gasteiger partial charge in [-0.25, -0.2) is 4.39 Å². The van der Waals surface area contributed by atoms with Crippen LogP contribution in [0.1, 0.15) is 37.0 Å². The van der Waals surface area contributed by atoms with Gasteiger partial charge in [-0.3, -0.25) is 14.5 Å². The highest BCUT2D eigenvalue weighted by Gasteiger charge is 2.29. The first-order valence-electron chi connectivity index (χ1n) is 10.7. The van der Waals surface area contributed by atoms with E-state index in [4.69, 9.17) is 16.3 Å². The van der Waals surface area contributed by atoms with Crippen molar-refractivity contribution in [3.8, 4) is 6.07 Å². The summed E-state index contributed by atoms with van der Waals surface area (Å²) < 4.78 is 18.9. The second-order valence-corrected chi connectivity index (χ2v) is 8.45. The molecule has 0 saturated heterocycles. The zero-order valence-electron chi connectivity index (χ0n) is 18.8. The minimum absolute atomic E-state index is 0.0879. The van der Waals surface area contributed by atoms with Crippen molar-refractivity contribution in [2.75, 3.05) is 11.6 Å². The van der Waals surface area contributed by atoms with E-state index in [9.17, 15) is 19.2 Å². The Bertz CT molecular complexity index is 1180. The minimum Gasteiger partial charge on any atom is -0.441 e. The maximum Gasteiger partial charge on any atom is 0.315 e. The molecule has 0 spiro atoms. The number of esters is 1. The van der Waals surface area contributed by atoms with Gasteiger partial charge in [0.2, 0.25) is 6.10 Å². The van der Waals surface area contributed by atoms with Crippen LogP contribution in [0, 0.1) is 17.2 Å². The maximum atomic E-state index is 13.3. The monoisotopic (exact) mass is 478 g/mol. The fourth-order valence-electron chi connectivity index (χ4n) is 3.72. The summed E-state index contributed by atoms with van der Waals surface area (Å²) in [6.07, 6.45) is -1.21. The van der Waals surface area contributed by atoms with Crippen LogP contribution >= 0.6 is 11.6 Å². The van der Waals surface area contributed by atoms with Crippen molar-refractivity contribution < 1.29 is 18.7 Å². The summed E-state index contributed by atoms with van der Waals surface area (Å²) in [5.41, 5.74) is 1.95. The van der Waals surface area contributed by atoms with Crippen molar-refractivity contribution >= 4 is 34.9 Å². The molecule has 0 aromatic heterocycles. The quantitative estimate of drug-likeness (QED) is 0.345. The molecule has 34 heavy (non-hydrogen) atoms. The summed E-state index contributed by atoms with van der Waals surface area (Å²) in [4.78, 5) is 26.7. The summed E-state index contributed by atoms with van der Waals surface area (Å²) in [5, 5.41) is 10.3. The molecule has 0 fully saturated rings. The lowest BCUT2D eigenvalue weighted by molar-refractivity contribution is -0.150. The molecular formula is C27H24ClFN2O3. The van der Waals surface area contributed by atoms with E-state index in [1.54, 1.807) is 78.9 Å². The summed E-state index contributed by atoms with van der Waals surface area (Å²) in [7, 11) is 0. The highest BCUT2D eigenvalue weighted by atomic mass is 35.5. The zero-order valence-corrected chi connectivity index (χ0v) is 19.6. The SMILES string of the molecule is CC(C)C(C(=O)OC(C#N)c1cccc(N(C(=O)CF)c2ccccc2)c1)c1ccc(Cl)cc1. The summed E-state index contributed by atoms with van der Waals surface area (Å²) in [5.74, 6) is -1.98. The van der Waals surface area contributed by atoms with Gasteiger partial charge in [-0.1, -0.05) is 67.9 Å². The third kappa shape index (κ3) is 5.81. The van der Waals surface area contributed by atoms with Crippen LogP contribution in [-0.2, 0) is 14.3 Å². The van der Waals surface area contributed by atoms with E-state index in [0.29, 0.717) is 22.0 Å². The average molecular weight is 479 g/mol. The van der Waals surface area contributed by atoms with Gasteiger partial charge < -0.3 is 4.74 Å². The van der Waals surface area contributed by atoms with Crippen molar-refractivity contribution in [3.63, 3.8) is 0 Å². The Morgan fingerprint density at radius 2 is 1.62 bits per heavy atom. The molecular weight excluding hydrogens is 455 g/mol. The van der Waals surface area contributed by atoms with Gasteiger partial charge in [0, 0.05) is 22.0 Å². The smallest absolute Gasteiger partial charge is 0.315 e. The number of nitriles is 1. The number of ether oxygens (including phenoxy) is 1. The van der Waals surface area contributed by atoms with E-state index < -0.39 is 30.6 Å². The van der Waals surface area contributed by atoms with Crippen LogP contribution in [0.4, 0.5) is 15.8 Å². The van der Waals surface area contributed by atoms with Crippen LogP contribution in [0.3, 0.4) is 0 Å². The molecule has 0 aliphatic heterocycles. The third-order valence-corrected chi connectivity index (χ3v) is 5.56. The van der Waals surface area contributed by atoms with Crippen LogP contribution in [-0.4, -0.2) is 18.6 Å².